The average molecular weight is 381 g/mol. The summed E-state index contributed by atoms with van der Waals surface area (Å²) in [5.74, 6) is -0.419. The van der Waals surface area contributed by atoms with Gasteiger partial charge in [0.2, 0.25) is 0 Å². The van der Waals surface area contributed by atoms with E-state index in [-0.39, 0.29) is 5.69 Å². The average Bonchev–Trinajstić information content (AvgIpc) is 2.97. The lowest BCUT2D eigenvalue weighted by Gasteiger charge is -2.00. The molecule has 0 spiro atoms. The number of hydrogen-bond acceptors (Lipinski definition) is 7. The van der Waals surface area contributed by atoms with E-state index < -0.39 is 10.9 Å². The first-order chi connectivity index (χ1) is 11.5. The first kappa shape index (κ1) is 16.7. The molecule has 0 atom stereocenters. The SMILES string of the molecule is COC(=O)c1ccc2sc(Sc3ccc([N+](=O)[O-])cc3Cl)nc2c1. The number of aromatic nitrogens is 1. The Morgan fingerprint density at radius 2 is 2.12 bits per heavy atom. The maximum Gasteiger partial charge on any atom is 0.337 e. The fourth-order valence-corrected chi connectivity index (χ4v) is 4.27. The van der Waals surface area contributed by atoms with Crippen molar-refractivity contribution in [2.24, 2.45) is 0 Å². The van der Waals surface area contributed by atoms with E-state index in [2.05, 4.69) is 4.98 Å². The van der Waals surface area contributed by atoms with Crippen molar-refractivity contribution in [3.8, 4) is 0 Å². The number of nitro groups is 1. The van der Waals surface area contributed by atoms with Gasteiger partial charge in [0.15, 0.2) is 4.34 Å². The number of methoxy groups -OCH3 is 1. The molecule has 24 heavy (non-hydrogen) atoms. The number of ether oxygens (including phenoxy) is 1. The molecule has 0 fully saturated rings. The summed E-state index contributed by atoms with van der Waals surface area (Å²) >= 11 is 8.86. The fourth-order valence-electron chi connectivity index (χ4n) is 1.97. The molecule has 0 radical (unpaired) electrons. The van der Waals surface area contributed by atoms with Crippen molar-refractivity contribution in [1.82, 2.24) is 4.98 Å². The Morgan fingerprint density at radius 1 is 1.33 bits per heavy atom. The summed E-state index contributed by atoms with van der Waals surface area (Å²) in [6.45, 7) is 0. The van der Waals surface area contributed by atoms with Gasteiger partial charge in [0.25, 0.3) is 5.69 Å². The van der Waals surface area contributed by atoms with Crippen molar-refractivity contribution >= 4 is 56.6 Å². The smallest absolute Gasteiger partial charge is 0.337 e. The topological polar surface area (TPSA) is 82.3 Å². The van der Waals surface area contributed by atoms with E-state index in [4.69, 9.17) is 16.3 Å². The quantitative estimate of drug-likeness (QED) is 0.367. The maximum atomic E-state index is 11.6. The van der Waals surface area contributed by atoms with E-state index in [0.29, 0.717) is 21.0 Å². The van der Waals surface area contributed by atoms with Crippen molar-refractivity contribution in [3.63, 3.8) is 0 Å². The van der Waals surface area contributed by atoms with Crippen molar-refractivity contribution in [3.05, 3.63) is 57.1 Å². The first-order valence-corrected chi connectivity index (χ1v) is 8.59. The summed E-state index contributed by atoms with van der Waals surface area (Å²) in [6.07, 6.45) is 0. The minimum atomic E-state index is -0.494. The van der Waals surface area contributed by atoms with E-state index in [1.165, 1.54) is 42.3 Å². The molecular weight excluding hydrogens is 372 g/mol. The second-order valence-corrected chi connectivity index (χ2v) is 7.35. The predicted molar refractivity (Wildman–Crippen MR) is 93.2 cm³/mol. The van der Waals surface area contributed by atoms with Crippen LogP contribution in [0.2, 0.25) is 5.02 Å². The normalized spacial score (nSPS) is 10.8. The molecule has 122 valence electrons. The lowest BCUT2D eigenvalue weighted by atomic mass is 10.2. The number of rotatable bonds is 4. The van der Waals surface area contributed by atoms with Crippen LogP contribution in [0.3, 0.4) is 0 Å². The van der Waals surface area contributed by atoms with Crippen LogP contribution < -0.4 is 0 Å². The Bertz CT molecular complexity index is 958. The number of fused-ring (bicyclic) bond motifs is 1. The Kier molecular flexibility index (Phi) is 4.70. The highest BCUT2D eigenvalue weighted by Gasteiger charge is 2.14. The van der Waals surface area contributed by atoms with Gasteiger partial charge < -0.3 is 4.74 Å². The third kappa shape index (κ3) is 3.35. The second kappa shape index (κ2) is 6.76. The standard InChI is InChI=1S/C15H9ClN2O4S2/c1-22-14(19)8-2-4-13-11(6-8)17-15(24-13)23-12-5-3-9(18(20)21)7-10(12)16/h2-7H,1H3. The van der Waals surface area contributed by atoms with Crippen LogP contribution in [-0.4, -0.2) is 23.0 Å². The number of nitro benzene ring substituents is 1. The van der Waals surface area contributed by atoms with E-state index in [0.717, 1.165) is 9.04 Å². The zero-order valence-electron chi connectivity index (χ0n) is 12.2. The maximum absolute atomic E-state index is 11.6. The number of non-ortho nitro benzene ring substituents is 1. The second-order valence-electron chi connectivity index (χ2n) is 4.63. The van der Waals surface area contributed by atoms with Crippen LogP contribution in [0.25, 0.3) is 10.2 Å². The Balaban J connectivity index is 1.90. The van der Waals surface area contributed by atoms with Crippen molar-refractivity contribution < 1.29 is 14.5 Å². The molecule has 9 heteroatoms. The summed E-state index contributed by atoms with van der Waals surface area (Å²) in [4.78, 5) is 27.0. The molecule has 0 N–H and O–H groups in total. The molecule has 3 rings (SSSR count). The fraction of sp³-hybridized carbons (Fsp3) is 0.0667. The molecule has 0 amide bonds. The van der Waals surface area contributed by atoms with Crippen LogP contribution in [0.15, 0.2) is 45.6 Å². The summed E-state index contributed by atoms with van der Waals surface area (Å²) in [7, 11) is 1.32. The van der Waals surface area contributed by atoms with Crippen LogP contribution in [0.4, 0.5) is 5.69 Å². The molecule has 6 nitrogen and oxygen atoms in total. The molecule has 0 unspecified atom stereocenters. The van der Waals surface area contributed by atoms with Gasteiger partial charge in [-0.1, -0.05) is 23.4 Å². The highest BCUT2D eigenvalue weighted by atomic mass is 35.5. The van der Waals surface area contributed by atoms with E-state index >= 15 is 0 Å². The van der Waals surface area contributed by atoms with Crippen molar-refractivity contribution in [1.29, 1.82) is 0 Å². The van der Waals surface area contributed by atoms with Crippen molar-refractivity contribution in [2.75, 3.05) is 7.11 Å². The third-order valence-corrected chi connectivity index (χ3v) is 5.71. The zero-order valence-corrected chi connectivity index (χ0v) is 14.6. The molecule has 0 saturated heterocycles. The number of hydrogen-bond donors (Lipinski definition) is 0. The first-order valence-electron chi connectivity index (χ1n) is 6.58. The number of carbonyl (C=O) groups excluding carboxylic acids is 1. The van der Waals surface area contributed by atoms with Crippen LogP contribution in [0, 0.1) is 10.1 Å². The number of thiazole rings is 1. The van der Waals surface area contributed by atoms with Crippen LogP contribution in [0.5, 0.6) is 0 Å². The number of benzene rings is 2. The molecule has 0 aliphatic carbocycles. The molecule has 0 aliphatic heterocycles. The largest absolute Gasteiger partial charge is 0.465 e. The van der Waals surface area contributed by atoms with Crippen LogP contribution in [-0.2, 0) is 4.74 Å². The van der Waals surface area contributed by atoms with Crippen molar-refractivity contribution in [2.45, 2.75) is 9.24 Å². The van der Waals surface area contributed by atoms with Gasteiger partial charge in [-0.05, 0) is 24.3 Å². The minimum absolute atomic E-state index is 0.0589. The summed E-state index contributed by atoms with van der Waals surface area (Å²) < 4.78 is 6.34. The molecular formula is C15H9ClN2O4S2. The number of nitrogens with zero attached hydrogens (tertiary/aromatic N) is 2. The van der Waals surface area contributed by atoms with Gasteiger partial charge in [-0.15, -0.1) is 11.3 Å². The third-order valence-electron chi connectivity index (χ3n) is 3.11. The molecule has 1 aromatic heterocycles. The Morgan fingerprint density at radius 3 is 2.79 bits per heavy atom. The van der Waals surface area contributed by atoms with Gasteiger partial charge in [-0.25, -0.2) is 9.78 Å². The van der Waals surface area contributed by atoms with Crippen LogP contribution >= 0.6 is 34.7 Å². The van der Waals surface area contributed by atoms with Gasteiger partial charge >= 0.3 is 5.97 Å². The van der Waals surface area contributed by atoms with E-state index in [1.807, 2.05) is 0 Å². The summed E-state index contributed by atoms with van der Waals surface area (Å²) in [5, 5.41) is 11.0. The molecule has 1 heterocycles. The summed E-state index contributed by atoms with van der Waals surface area (Å²) in [6, 6.07) is 9.46. The highest BCUT2D eigenvalue weighted by molar-refractivity contribution is 8.01. The van der Waals surface area contributed by atoms with Gasteiger partial charge in [-0.2, -0.15) is 0 Å². The molecule has 0 bridgehead atoms. The Hall–Kier alpha value is -2.16. The summed E-state index contributed by atoms with van der Waals surface area (Å²) in [5.41, 5.74) is 1.06. The van der Waals surface area contributed by atoms with Crippen LogP contribution in [0.1, 0.15) is 10.4 Å². The molecule has 0 saturated carbocycles. The van der Waals surface area contributed by atoms with Gasteiger partial charge in [0, 0.05) is 17.0 Å². The predicted octanol–water partition coefficient (Wildman–Crippen LogP) is 4.80. The molecule has 0 aliphatic rings. The highest BCUT2D eigenvalue weighted by Crippen LogP contribution is 2.39. The Labute approximate surface area is 149 Å². The van der Waals surface area contributed by atoms with E-state index in [1.54, 1.807) is 24.3 Å². The zero-order chi connectivity index (χ0) is 17.3. The monoisotopic (exact) mass is 380 g/mol. The lowest BCUT2D eigenvalue weighted by Crippen LogP contribution is -2.00. The van der Waals surface area contributed by atoms with Gasteiger partial charge in [0.1, 0.15) is 0 Å². The lowest BCUT2D eigenvalue weighted by molar-refractivity contribution is -0.384. The molecule has 2 aromatic carbocycles. The molecule has 3 aromatic rings. The van der Waals surface area contributed by atoms with E-state index in [9.17, 15) is 14.9 Å². The van der Waals surface area contributed by atoms with Gasteiger partial charge in [-0.3, -0.25) is 10.1 Å². The minimum Gasteiger partial charge on any atom is -0.465 e. The number of carbonyl (C=O) groups is 1. The number of halogens is 1. The number of esters is 1. The van der Waals surface area contributed by atoms with Gasteiger partial charge in [0.05, 0.1) is 32.8 Å².